The van der Waals surface area contributed by atoms with E-state index < -0.39 is 0 Å². The highest BCUT2D eigenvalue weighted by Crippen LogP contribution is 2.26. The first-order chi connectivity index (χ1) is 10.1. The number of aromatic nitrogens is 1. The van der Waals surface area contributed by atoms with E-state index in [1.165, 1.54) is 0 Å². The van der Waals surface area contributed by atoms with Crippen molar-refractivity contribution in [2.75, 3.05) is 31.1 Å². The zero-order valence-corrected chi connectivity index (χ0v) is 13.4. The number of rotatable bonds is 2. The van der Waals surface area contributed by atoms with Crippen LogP contribution in [0.25, 0.3) is 0 Å². The number of carbonyl (C=O) groups excluding carboxylic acids is 1. The first-order valence-electron chi connectivity index (χ1n) is 7.85. The Kier molecular flexibility index (Phi) is 4.45. The number of nitrogens with two attached hydrogens (primary N) is 1. The predicted octanol–water partition coefficient (Wildman–Crippen LogP) is 1.62. The molecule has 6 heteroatoms. The molecule has 0 aromatic carbocycles. The second-order valence-electron chi connectivity index (χ2n) is 6.21. The molecule has 1 amide bonds. The molecule has 0 radical (unpaired) electrons. The zero-order valence-electron chi connectivity index (χ0n) is 12.6. The van der Waals surface area contributed by atoms with Gasteiger partial charge in [-0.25, -0.2) is 4.98 Å². The Labute approximate surface area is 130 Å². The summed E-state index contributed by atoms with van der Waals surface area (Å²) in [5.74, 6) is 0.475. The summed E-state index contributed by atoms with van der Waals surface area (Å²) in [5, 5.41) is 3.16. The molecule has 2 atom stereocenters. The number of hydrogen-bond acceptors (Lipinski definition) is 5. The predicted molar refractivity (Wildman–Crippen MR) is 85.6 cm³/mol. The molecule has 0 spiro atoms. The summed E-state index contributed by atoms with van der Waals surface area (Å²) >= 11 is 1.69. The number of thiazole rings is 1. The smallest absolute Gasteiger partial charge is 0.225 e. The lowest BCUT2D eigenvalue weighted by atomic mass is 9.85. The van der Waals surface area contributed by atoms with Crippen molar-refractivity contribution in [2.24, 2.45) is 11.7 Å². The Morgan fingerprint density at radius 2 is 2.10 bits per heavy atom. The second kappa shape index (κ2) is 6.32. The Bertz CT molecular complexity index is 496. The van der Waals surface area contributed by atoms with Crippen LogP contribution in [0.15, 0.2) is 5.38 Å². The molecule has 3 rings (SSSR count). The van der Waals surface area contributed by atoms with Crippen LogP contribution in [0.3, 0.4) is 0 Å². The molecule has 1 saturated carbocycles. The largest absolute Gasteiger partial charge is 0.345 e. The number of amides is 1. The summed E-state index contributed by atoms with van der Waals surface area (Å²) in [6.45, 7) is 5.41. The fourth-order valence-electron chi connectivity index (χ4n) is 3.32. The number of nitrogens with zero attached hydrogens (tertiary/aromatic N) is 3. The van der Waals surface area contributed by atoms with Crippen molar-refractivity contribution in [1.29, 1.82) is 0 Å². The van der Waals surface area contributed by atoms with Gasteiger partial charge in [-0.2, -0.15) is 0 Å². The standard InChI is InChI=1S/C15H24N4OS/c1-11-10-21-15(17-11)19-7-5-18(6-8-19)14(20)12-3-2-4-13(16)9-12/h10,12-13H,2-9,16H2,1H3. The lowest BCUT2D eigenvalue weighted by Crippen LogP contribution is -2.51. The number of carbonyl (C=O) groups is 1. The van der Waals surface area contributed by atoms with Gasteiger partial charge in [-0.1, -0.05) is 6.42 Å². The van der Waals surface area contributed by atoms with Crippen molar-refractivity contribution in [3.8, 4) is 0 Å². The van der Waals surface area contributed by atoms with Gasteiger partial charge in [-0.05, 0) is 26.2 Å². The molecule has 2 heterocycles. The van der Waals surface area contributed by atoms with E-state index >= 15 is 0 Å². The van der Waals surface area contributed by atoms with E-state index in [2.05, 4.69) is 15.3 Å². The van der Waals surface area contributed by atoms with E-state index in [0.29, 0.717) is 5.91 Å². The summed E-state index contributed by atoms with van der Waals surface area (Å²) in [6.07, 6.45) is 4.04. The third-order valence-electron chi connectivity index (χ3n) is 4.53. The summed E-state index contributed by atoms with van der Waals surface area (Å²) in [4.78, 5) is 21.4. The molecule has 2 fully saturated rings. The average molecular weight is 308 g/mol. The normalized spacial score (nSPS) is 27.0. The molecule has 2 N–H and O–H groups in total. The summed E-state index contributed by atoms with van der Waals surface area (Å²) < 4.78 is 0. The van der Waals surface area contributed by atoms with Crippen molar-refractivity contribution < 1.29 is 4.79 Å². The summed E-state index contributed by atoms with van der Waals surface area (Å²) in [7, 11) is 0. The Balaban J connectivity index is 1.54. The van der Waals surface area contributed by atoms with Gasteiger partial charge in [0.15, 0.2) is 5.13 Å². The highest BCUT2D eigenvalue weighted by molar-refractivity contribution is 7.13. The van der Waals surface area contributed by atoms with Gasteiger partial charge in [-0.15, -0.1) is 11.3 Å². The van der Waals surface area contributed by atoms with Crippen molar-refractivity contribution >= 4 is 22.4 Å². The van der Waals surface area contributed by atoms with Gasteiger partial charge in [0.25, 0.3) is 0 Å². The molecular formula is C15H24N4OS. The Morgan fingerprint density at radius 3 is 2.71 bits per heavy atom. The fraction of sp³-hybridized carbons (Fsp3) is 0.733. The van der Waals surface area contributed by atoms with Crippen LogP contribution in [-0.4, -0.2) is 48.0 Å². The van der Waals surface area contributed by atoms with Gasteiger partial charge in [0, 0.05) is 43.5 Å². The van der Waals surface area contributed by atoms with Gasteiger partial charge in [0.2, 0.25) is 5.91 Å². The Hall–Kier alpha value is -1.14. The van der Waals surface area contributed by atoms with Crippen molar-refractivity contribution in [3.63, 3.8) is 0 Å². The molecule has 1 saturated heterocycles. The lowest BCUT2D eigenvalue weighted by Gasteiger charge is -2.37. The van der Waals surface area contributed by atoms with Crippen LogP contribution in [0, 0.1) is 12.8 Å². The SMILES string of the molecule is Cc1csc(N2CCN(C(=O)C3CCCC(N)C3)CC2)n1. The Morgan fingerprint density at radius 1 is 1.33 bits per heavy atom. The first-order valence-corrected chi connectivity index (χ1v) is 8.73. The summed E-state index contributed by atoms with van der Waals surface area (Å²) in [5.41, 5.74) is 7.08. The van der Waals surface area contributed by atoms with E-state index in [1.807, 2.05) is 11.8 Å². The number of aryl methyl sites for hydroxylation is 1. The van der Waals surface area contributed by atoms with Gasteiger partial charge in [0.1, 0.15) is 0 Å². The molecule has 0 bridgehead atoms. The highest BCUT2D eigenvalue weighted by atomic mass is 32.1. The maximum Gasteiger partial charge on any atom is 0.225 e. The van der Waals surface area contributed by atoms with Gasteiger partial charge >= 0.3 is 0 Å². The molecule has 1 aromatic rings. The van der Waals surface area contributed by atoms with Crippen molar-refractivity contribution in [2.45, 2.75) is 38.6 Å². The van der Waals surface area contributed by atoms with Crippen LogP contribution in [0.4, 0.5) is 5.13 Å². The molecule has 1 aliphatic carbocycles. The minimum Gasteiger partial charge on any atom is -0.345 e. The monoisotopic (exact) mass is 308 g/mol. The quantitative estimate of drug-likeness (QED) is 0.902. The van der Waals surface area contributed by atoms with Gasteiger partial charge in [-0.3, -0.25) is 4.79 Å². The molecule has 21 heavy (non-hydrogen) atoms. The average Bonchev–Trinajstić information content (AvgIpc) is 2.93. The number of piperazine rings is 1. The van der Waals surface area contributed by atoms with E-state index in [1.54, 1.807) is 11.3 Å². The van der Waals surface area contributed by atoms with Crippen LogP contribution in [-0.2, 0) is 4.79 Å². The molecule has 2 unspecified atom stereocenters. The topological polar surface area (TPSA) is 62.5 Å². The second-order valence-corrected chi connectivity index (χ2v) is 7.04. The first kappa shape index (κ1) is 14.8. The minimum absolute atomic E-state index is 0.155. The number of hydrogen-bond donors (Lipinski definition) is 1. The molecule has 2 aliphatic rings. The molecular weight excluding hydrogens is 284 g/mol. The molecule has 1 aromatic heterocycles. The molecule has 116 valence electrons. The number of anilines is 1. The molecule has 1 aliphatic heterocycles. The van der Waals surface area contributed by atoms with Gasteiger partial charge in [0.05, 0.1) is 5.69 Å². The van der Waals surface area contributed by atoms with Gasteiger partial charge < -0.3 is 15.5 Å². The third kappa shape index (κ3) is 3.37. The van der Waals surface area contributed by atoms with E-state index in [4.69, 9.17) is 5.73 Å². The third-order valence-corrected chi connectivity index (χ3v) is 5.55. The maximum absolute atomic E-state index is 12.6. The lowest BCUT2D eigenvalue weighted by molar-refractivity contribution is -0.137. The van der Waals surface area contributed by atoms with Crippen LogP contribution < -0.4 is 10.6 Å². The van der Waals surface area contributed by atoms with Crippen LogP contribution in [0.1, 0.15) is 31.4 Å². The van der Waals surface area contributed by atoms with Crippen LogP contribution in [0.5, 0.6) is 0 Å². The van der Waals surface area contributed by atoms with Crippen LogP contribution in [0.2, 0.25) is 0 Å². The van der Waals surface area contributed by atoms with E-state index in [-0.39, 0.29) is 12.0 Å². The van der Waals surface area contributed by atoms with Crippen molar-refractivity contribution in [3.05, 3.63) is 11.1 Å². The zero-order chi connectivity index (χ0) is 14.8. The van der Waals surface area contributed by atoms with E-state index in [0.717, 1.165) is 62.7 Å². The summed E-state index contributed by atoms with van der Waals surface area (Å²) in [6, 6.07) is 0.215. The highest BCUT2D eigenvalue weighted by Gasteiger charge is 2.31. The van der Waals surface area contributed by atoms with E-state index in [9.17, 15) is 4.79 Å². The fourth-order valence-corrected chi connectivity index (χ4v) is 4.17. The van der Waals surface area contributed by atoms with Crippen molar-refractivity contribution in [1.82, 2.24) is 9.88 Å². The van der Waals surface area contributed by atoms with Crippen LogP contribution >= 0.6 is 11.3 Å². The molecule has 5 nitrogen and oxygen atoms in total. The maximum atomic E-state index is 12.6. The minimum atomic E-state index is 0.155.